The zero-order valence-electron chi connectivity index (χ0n) is 20.5. The molecule has 8 nitrogen and oxygen atoms in total. The molecule has 0 N–H and O–H groups in total. The number of nitrogens with zero attached hydrogens (tertiary/aromatic N) is 5. The summed E-state index contributed by atoms with van der Waals surface area (Å²) in [4.78, 5) is 24.9. The van der Waals surface area contributed by atoms with Crippen molar-refractivity contribution in [3.8, 4) is 11.5 Å². The number of hydrogen-bond donors (Lipinski definition) is 0. The maximum atomic E-state index is 13.2. The molecule has 2 aliphatic rings. The van der Waals surface area contributed by atoms with Crippen molar-refractivity contribution in [2.24, 2.45) is 0 Å². The Balaban J connectivity index is 1.35. The number of rotatable bonds is 7. The largest absolute Gasteiger partial charge is 0.457 e. The predicted molar refractivity (Wildman–Crippen MR) is 137 cm³/mol. The first-order valence-electron chi connectivity index (χ1n) is 12.3. The highest BCUT2D eigenvalue weighted by Crippen LogP contribution is 2.30. The zero-order valence-corrected chi connectivity index (χ0v) is 20.5. The van der Waals surface area contributed by atoms with E-state index in [4.69, 9.17) is 14.5 Å². The van der Waals surface area contributed by atoms with Gasteiger partial charge in [-0.3, -0.25) is 24.1 Å². The minimum Gasteiger partial charge on any atom is -0.457 e. The molecule has 1 fully saturated rings. The number of fused-ring (bicyclic) bond motifs is 1. The fourth-order valence-electron chi connectivity index (χ4n) is 4.58. The van der Waals surface area contributed by atoms with Crippen LogP contribution in [-0.4, -0.2) is 65.4 Å². The molecule has 0 unspecified atom stereocenters. The van der Waals surface area contributed by atoms with E-state index in [-0.39, 0.29) is 5.56 Å². The van der Waals surface area contributed by atoms with E-state index >= 15 is 0 Å². The topological polar surface area (TPSA) is 63.1 Å². The van der Waals surface area contributed by atoms with Crippen LogP contribution in [0.4, 0.5) is 11.6 Å². The van der Waals surface area contributed by atoms with E-state index in [0.29, 0.717) is 24.8 Å². The summed E-state index contributed by atoms with van der Waals surface area (Å²) in [5.41, 5.74) is 2.48. The highest BCUT2D eigenvalue weighted by Gasteiger charge is 2.27. The molecule has 0 amide bonds. The molecule has 35 heavy (non-hydrogen) atoms. The first kappa shape index (κ1) is 23.5. The Bertz CT molecular complexity index is 1190. The second kappa shape index (κ2) is 10.6. The van der Waals surface area contributed by atoms with Crippen LogP contribution in [0.15, 0.2) is 59.4 Å². The van der Waals surface area contributed by atoms with Gasteiger partial charge in [0.1, 0.15) is 11.5 Å². The average molecular weight is 476 g/mol. The molecular weight excluding hydrogens is 442 g/mol. The lowest BCUT2D eigenvalue weighted by atomic mass is 10.2. The van der Waals surface area contributed by atoms with E-state index in [0.717, 1.165) is 68.7 Å². The van der Waals surface area contributed by atoms with Crippen molar-refractivity contribution in [1.29, 1.82) is 0 Å². The van der Waals surface area contributed by atoms with Gasteiger partial charge in [-0.25, -0.2) is 4.98 Å². The first-order chi connectivity index (χ1) is 17.1. The molecule has 1 aromatic heterocycles. The van der Waals surface area contributed by atoms with Crippen LogP contribution in [0.3, 0.4) is 0 Å². The van der Waals surface area contributed by atoms with E-state index in [2.05, 4.69) is 14.7 Å². The molecule has 0 spiro atoms. The number of morpholine rings is 1. The fraction of sp³-hybridized carbons (Fsp3) is 0.407. The minimum absolute atomic E-state index is 0.0272. The molecule has 8 heteroatoms. The first-order valence-corrected chi connectivity index (χ1v) is 12.3. The molecule has 3 heterocycles. The van der Waals surface area contributed by atoms with Crippen LogP contribution >= 0.6 is 0 Å². The van der Waals surface area contributed by atoms with Gasteiger partial charge in [0.15, 0.2) is 0 Å². The number of anilines is 2. The monoisotopic (exact) mass is 475 g/mol. The van der Waals surface area contributed by atoms with Gasteiger partial charge in [-0.2, -0.15) is 0 Å². The smallest absolute Gasteiger partial charge is 0.259 e. The van der Waals surface area contributed by atoms with Gasteiger partial charge in [0.2, 0.25) is 5.95 Å². The molecule has 0 bridgehead atoms. The standard InChI is InChI=1S/C27H33N5O3/c1-21-22(2)28-27-31(23-9-11-25(12-10-23)35-24-7-4-3-5-8-24)19-30(20-32(27)26(21)33)14-6-13-29-15-17-34-18-16-29/h3-5,7-12H,6,13-20H2,1-2H3. The van der Waals surface area contributed by atoms with Crippen LogP contribution in [0.5, 0.6) is 11.5 Å². The number of aryl methyl sites for hydroxylation is 1. The Labute approximate surface area is 206 Å². The molecule has 0 radical (unpaired) electrons. The average Bonchev–Trinajstić information content (AvgIpc) is 2.89. The van der Waals surface area contributed by atoms with Crippen molar-refractivity contribution in [3.05, 3.63) is 76.2 Å². The van der Waals surface area contributed by atoms with Crippen molar-refractivity contribution in [2.45, 2.75) is 26.9 Å². The fourth-order valence-corrected chi connectivity index (χ4v) is 4.58. The highest BCUT2D eigenvalue weighted by molar-refractivity contribution is 5.59. The Morgan fingerprint density at radius 2 is 1.57 bits per heavy atom. The van der Waals surface area contributed by atoms with E-state index in [9.17, 15) is 4.79 Å². The summed E-state index contributed by atoms with van der Waals surface area (Å²) >= 11 is 0. The lowest BCUT2D eigenvalue weighted by Gasteiger charge is -2.38. The van der Waals surface area contributed by atoms with Gasteiger partial charge in [-0.15, -0.1) is 0 Å². The van der Waals surface area contributed by atoms with Crippen molar-refractivity contribution in [3.63, 3.8) is 0 Å². The molecule has 0 atom stereocenters. The summed E-state index contributed by atoms with van der Waals surface area (Å²) < 4.78 is 13.2. The number of benzene rings is 2. The Kier molecular flexibility index (Phi) is 7.13. The third-order valence-electron chi connectivity index (χ3n) is 6.72. The molecule has 0 aliphatic carbocycles. The van der Waals surface area contributed by atoms with E-state index < -0.39 is 0 Å². The van der Waals surface area contributed by atoms with Crippen LogP contribution in [0.1, 0.15) is 17.7 Å². The summed E-state index contributed by atoms with van der Waals surface area (Å²) in [6.07, 6.45) is 1.04. The van der Waals surface area contributed by atoms with Crippen molar-refractivity contribution >= 4 is 11.6 Å². The van der Waals surface area contributed by atoms with Crippen molar-refractivity contribution in [1.82, 2.24) is 19.4 Å². The lowest BCUT2D eigenvalue weighted by Crippen LogP contribution is -2.48. The quantitative estimate of drug-likeness (QED) is 0.516. The normalized spacial score (nSPS) is 16.8. The van der Waals surface area contributed by atoms with Gasteiger partial charge in [-0.1, -0.05) is 18.2 Å². The van der Waals surface area contributed by atoms with Crippen LogP contribution in [0.25, 0.3) is 0 Å². The van der Waals surface area contributed by atoms with Gasteiger partial charge in [0.25, 0.3) is 5.56 Å². The third-order valence-corrected chi connectivity index (χ3v) is 6.72. The van der Waals surface area contributed by atoms with Gasteiger partial charge in [0.05, 0.1) is 26.6 Å². The molecule has 2 aliphatic heterocycles. The minimum atomic E-state index is 0.0272. The van der Waals surface area contributed by atoms with Crippen LogP contribution < -0.4 is 15.2 Å². The Hall–Kier alpha value is -3.20. The second-order valence-corrected chi connectivity index (χ2v) is 9.18. The van der Waals surface area contributed by atoms with Crippen LogP contribution in [0.2, 0.25) is 0 Å². The molecule has 5 rings (SSSR count). The van der Waals surface area contributed by atoms with Crippen molar-refractivity contribution < 1.29 is 9.47 Å². The molecule has 3 aromatic rings. The van der Waals surface area contributed by atoms with Crippen LogP contribution in [-0.2, 0) is 11.4 Å². The lowest BCUT2D eigenvalue weighted by molar-refractivity contribution is 0.0354. The van der Waals surface area contributed by atoms with Gasteiger partial charge in [0, 0.05) is 36.6 Å². The summed E-state index contributed by atoms with van der Waals surface area (Å²) in [7, 11) is 0. The summed E-state index contributed by atoms with van der Waals surface area (Å²) in [6.45, 7) is 10.6. The number of hydrogen-bond acceptors (Lipinski definition) is 7. The maximum Gasteiger partial charge on any atom is 0.259 e. The zero-order chi connectivity index (χ0) is 24.2. The van der Waals surface area contributed by atoms with E-state index in [1.807, 2.05) is 68.4 Å². The second-order valence-electron chi connectivity index (χ2n) is 9.18. The summed E-state index contributed by atoms with van der Waals surface area (Å²) in [6, 6.07) is 17.7. The van der Waals surface area contributed by atoms with Crippen LogP contribution in [0, 0.1) is 13.8 Å². The van der Waals surface area contributed by atoms with E-state index in [1.54, 1.807) is 4.57 Å². The maximum absolute atomic E-state index is 13.2. The Morgan fingerprint density at radius 3 is 2.31 bits per heavy atom. The number of para-hydroxylation sites is 1. The highest BCUT2D eigenvalue weighted by atomic mass is 16.5. The third kappa shape index (κ3) is 5.40. The number of aromatic nitrogens is 2. The van der Waals surface area contributed by atoms with Crippen molar-refractivity contribution in [2.75, 3.05) is 51.0 Å². The molecule has 1 saturated heterocycles. The predicted octanol–water partition coefficient (Wildman–Crippen LogP) is 3.74. The Morgan fingerprint density at radius 1 is 0.886 bits per heavy atom. The molecule has 0 saturated carbocycles. The van der Waals surface area contributed by atoms with Gasteiger partial charge in [-0.05, 0) is 63.2 Å². The summed E-state index contributed by atoms with van der Waals surface area (Å²) in [5, 5.41) is 0. The SMILES string of the molecule is Cc1nc2n(c(=O)c1C)CN(CCCN1CCOCC1)CN2c1ccc(Oc2ccccc2)cc1. The molecular formula is C27H33N5O3. The van der Waals surface area contributed by atoms with Gasteiger partial charge >= 0.3 is 0 Å². The number of ether oxygens (including phenoxy) is 2. The van der Waals surface area contributed by atoms with E-state index in [1.165, 1.54) is 0 Å². The summed E-state index contributed by atoms with van der Waals surface area (Å²) in [5.74, 6) is 2.26. The molecule has 2 aromatic carbocycles. The molecule has 184 valence electrons. The van der Waals surface area contributed by atoms with Gasteiger partial charge < -0.3 is 9.47 Å².